The Morgan fingerprint density at radius 2 is 2.06 bits per heavy atom. The molecule has 1 unspecified atom stereocenters. The molecule has 0 aliphatic heterocycles. The molecule has 98 valence electrons. The van der Waals surface area contributed by atoms with Crippen molar-refractivity contribution in [3.05, 3.63) is 0 Å². The van der Waals surface area contributed by atoms with Gasteiger partial charge in [0.25, 0.3) is 0 Å². The number of carbonyl (C=O) groups is 2. The lowest BCUT2D eigenvalue weighted by Gasteiger charge is -2.17. The van der Waals surface area contributed by atoms with Crippen molar-refractivity contribution in [2.75, 3.05) is 0 Å². The first kappa shape index (κ1) is 14.0. The Bertz CT molecular complexity index is 291. The molecule has 1 fully saturated rings. The number of amides is 1. The highest BCUT2D eigenvalue weighted by Crippen LogP contribution is 2.25. The number of aliphatic carboxylic acids is 1. The normalized spacial score (nSPS) is 25.9. The van der Waals surface area contributed by atoms with Crippen LogP contribution < -0.4 is 11.1 Å². The van der Waals surface area contributed by atoms with Crippen LogP contribution in [0.4, 0.5) is 0 Å². The Morgan fingerprint density at radius 1 is 1.41 bits per heavy atom. The van der Waals surface area contributed by atoms with Crippen LogP contribution in [0.1, 0.15) is 39.5 Å². The van der Waals surface area contributed by atoms with Crippen LogP contribution in [-0.2, 0) is 9.59 Å². The van der Waals surface area contributed by atoms with Gasteiger partial charge in [0, 0.05) is 18.5 Å². The Hall–Kier alpha value is -1.10. The molecule has 5 nitrogen and oxygen atoms in total. The number of nitrogens with two attached hydrogens (primary N) is 1. The Morgan fingerprint density at radius 3 is 2.53 bits per heavy atom. The second-order valence-electron chi connectivity index (χ2n) is 5.22. The largest absolute Gasteiger partial charge is 0.481 e. The summed E-state index contributed by atoms with van der Waals surface area (Å²) < 4.78 is 0. The molecule has 17 heavy (non-hydrogen) atoms. The van der Waals surface area contributed by atoms with E-state index in [0.29, 0.717) is 19.3 Å². The minimum Gasteiger partial charge on any atom is -0.481 e. The van der Waals surface area contributed by atoms with Crippen molar-refractivity contribution in [3.63, 3.8) is 0 Å². The molecule has 0 bridgehead atoms. The molecule has 0 aromatic rings. The second-order valence-corrected chi connectivity index (χ2v) is 5.22. The summed E-state index contributed by atoms with van der Waals surface area (Å²) in [5.41, 5.74) is 5.81. The van der Waals surface area contributed by atoms with Crippen molar-refractivity contribution in [1.29, 1.82) is 0 Å². The molecule has 5 heteroatoms. The maximum Gasteiger partial charge on any atom is 0.306 e. The van der Waals surface area contributed by atoms with E-state index in [4.69, 9.17) is 10.8 Å². The smallest absolute Gasteiger partial charge is 0.306 e. The van der Waals surface area contributed by atoms with Crippen LogP contribution in [0.2, 0.25) is 0 Å². The molecule has 0 saturated heterocycles. The van der Waals surface area contributed by atoms with E-state index in [2.05, 4.69) is 5.32 Å². The van der Waals surface area contributed by atoms with Crippen molar-refractivity contribution >= 4 is 11.9 Å². The number of rotatable bonds is 5. The first-order valence-electron chi connectivity index (χ1n) is 6.18. The topological polar surface area (TPSA) is 92.4 Å². The summed E-state index contributed by atoms with van der Waals surface area (Å²) in [6, 6.07) is -0.130. The zero-order valence-electron chi connectivity index (χ0n) is 10.5. The molecule has 0 heterocycles. The van der Waals surface area contributed by atoms with Crippen LogP contribution in [0.3, 0.4) is 0 Å². The molecule has 1 saturated carbocycles. The number of hydrogen-bond donors (Lipinski definition) is 3. The van der Waals surface area contributed by atoms with Gasteiger partial charge in [-0.25, -0.2) is 0 Å². The van der Waals surface area contributed by atoms with E-state index in [1.165, 1.54) is 0 Å². The Labute approximate surface area is 102 Å². The number of nitrogens with one attached hydrogen (secondary N) is 1. The van der Waals surface area contributed by atoms with Crippen LogP contribution in [-0.4, -0.2) is 29.1 Å². The summed E-state index contributed by atoms with van der Waals surface area (Å²) >= 11 is 0. The Balaban J connectivity index is 2.31. The summed E-state index contributed by atoms with van der Waals surface area (Å²) in [6.07, 6.45) is 2.25. The summed E-state index contributed by atoms with van der Waals surface area (Å²) in [7, 11) is 0. The molecule has 4 N–H and O–H groups in total. The van der Waals surface area contributed by atoms with E-state index >= 15 is 0 Å². The van der Waals surface area contributed by atoms with Gasteiger partial charge in [0.05, 0.1) is 5.92 Å². The van der Waals surface area contributed by atoms with Gasteiger partial charge in [-0.1, -0.05) is 13.8 Å². The van der Waals surface area contributed by atoms with Gasteiger partial charge in [-0.2, -0.15) is 0 Å². The maximum absolute atomic E-state index is 11.7. The first-order chi connectivity index (χ1) is 7.90. The molecule has 1 aliphatic rings. The molecule has 0 spiro atoms. The number of hydrogen-bond acceptors (Lipinski definition) is 3. The van der Waals surface area contributed by atoms with E-state index < -0.39 is 5.97 Å². The third-order valence-corrected chi connectivity index (χ3v) is 3.42. The third kappa shape index (κ3) is 4.34. The molecule has 1 amide bonds. The van der Waals surface area contributed by atoms with Crippen molar-refractivity contribution < 1.29 is 14.7 Å². The summed E-state index contributed by atoms with van der Waals surface area (Å²) in [4.78, 5) is 22.4. The quantitative estimate of drug-likeness (QED) is 0.662. The van der Waals surface area contributed by atoms with Crippen LogP contribution in [0.5, 0.6) is 0 Å². The lowest BCUT2D eigenvalue weighted by Crippen LogP contribution is -2.39. The first-order valence-corrected chi connectivity index (χ1v) is 6.18. The monoisotopic (exact) mass is 242 g/mol. The third-order valence-electron chi connectivity index (χ3n) is 3.42. The van der Waals surface area contributed by atoms with Crippen molar-refractivity contribution in [3.8, 4) is 0 Å². The van der Waals surface area contributed by atoms with Gasteiger partial charge in [-0.05, 0) is 25.2 Å². The van der Waals surface area contributed by atoms with Gasteiger partial charge < -0.3 is 16.2 Å². The van der Waals surface area contributed by atoms with Gasteiger partial charge >= 0.3 is 5.97 Å². The Kier molecular flexibility index (Phi) is 4.93. The second kappa shape index (κ2) is 6.00. The van der Waals surface area contributed by atoms with E-state index in [0.717, 1.165) is 6.42 Å². The highest BCUT2D eigenvalue weighted by Gasteiger charge is 2.30. The molecule has 1 rings (SSSR count). The standard InChI is InChI=1S/C12H22N2O3/c1-7(2)10(13)6-11(15)14-9-4-3-8(5-9)12(16)17/h7-10H,3-6,13H2,1-2H3,(H,14,15)(H,16,17)/t8-,9+,10?/m1/s1. The van der Waals surface area contributed by atoms with Gasteiger partial charge in [0.15, 0.2) is 0 Å². The van der Waals surface area contributed by atoms with E-state index in [1.54, 1.807) is 0 Å². The van der Waals surface area contributed by atoms with E-state index in [-0.39, 0.29) is 29.8 Å². The minimum absolute atomic E-state index is 0.00274. The zero-order chi connectivity index (χ0) is 13.0. The predicted molar refractivity (Wildman–Crippen MR) is 64.3 cm³/mol. The predicted octanol–water partition coefficient (Wildman–Crippen LogP) is 0.729. The maximum atomic E-state index is 11.7. The molecule has 3 atom stereocenters. The fraction of sp³-hybridized carbons (Fsp3) is 0.833. The average Bonchev–Trinajstić information content (AvgIpc) is 2.65. The van der Waals surface area contributed by atoms with Gasteiger partial charge in [-0.3, -0.25) is 9.59 Å². The van der Waals surface area contributed by atoms with Gasteiger partial charge in [0.2, 0.25) is 5.91 Å². The van der Waals surface area contributed by atoms with Crippen LogP contribution in [0.15, 0.2) is 0 Å². The summed E-state index contributed by atoms with van der Waals surface area (Å²) in [5, 5.41) is 11.7. The van der Waals surface area contributed by atoms with Crippen molar-refractivity contribution in [2.45, 2.75) is 51.6 Å². The van der Waals surface area contributed by atoms with E-state index in [1.807, 2.05) is 13.8 Å². The van der Waals surface area contributed by atoms with Crippen LogP contribution in [0, 0.1) is 11.8 Å². The van der Waals surface area contributed by atoms with Gasteiger partial charge in [-0.15, -0.1) is 0 Å². The summed E-state index contributed by atoms with van der Waals surface area (Å²) in [5.74, 6) is -0.863. The zero-order valence-corrected chi connectivity index (χ0v) is 10.5. The minimum atomic E-state index is -0.763. The van der Waals surface area contributed by atoms with Crippen LogP contribution in [0.25, 0.3) is 0 Å². The molecule has 0 aromatic heterocycles. The van der Waals surface area contributed by atoms with Crippen LogP contribution >= 0.6 is 0 Å². The molecule has 0 aromatic carbocycles. The molecule has 1 aliphatic carbocycles. The van der Waals surface area contributed by atoms with E-state index in [9.17, 15) is 9.59 Å². The lowest BCUT2D eigenvalue weighted by atomic mass is 10.0. The fourth-order valence-corrected chi connectivity index (χ4v) is 2.07. The highest BCUT2D eigenvalue weighted by molar-refractivity contribution is 5.77. The molecule has 0 radical (unpaired) electrons. The fourth-order valence-electron chi connectivity index (χ4n) is 2.07. The van der Waals surface area contributed by atoms with Crippen molar-refractivity contribution in [2.24, 2.45) is 17.6 Å². The molecular weight excluding hydrogens is 220 g/mol. The van der Waals surface area contributed by atoms with Crippen molar-refractivity contribution in [1.82, 2.24) is 5.32 Å². The molecular formula is C12H22N2O3. The number of carboxylic acids is 1. The highest BCUT2D eigenvalue weighted by atomic mass is 16.4. The average molecular weight is 242 g/mol. The number of carbonyl (C=O) groups excluding carboxylic acids is 1. The summed E-state index contributed by atoms with van der Waals surface area (Å²) in [6.45, 7) is 3.96. The number of carboxylic acid groups (broad SMARTS) is 1. The van der Waals surface area contributed by atoms with Gasteiger partial charge in [0.1, 0.15) is 0 Å². The lowest BCUT2D eigenvalue weighted by molar-refractivity contribution is -0.141. The SMILES string of the molecule is CC(C)C(N)CC(=O)N[C@H]1CC[C@@H](C(=O)O)C1.